The number of hydrogen-bond donors (Lipinski definition) is 0. The van der Waals surface area contributed by atoms with Gasteiger partial charge in [0.05, 0.1) is 5.56 Å². The van der Waals surface area contributed by atoms with Crippen LogP contribution in [0.1, 0.15) is 22.8 Å². The Morgan fingerprint density at radius 2 is 1.29 bits per heavy atom. The van der Waals surface area contributed by atoms with Crippen LogP contribution in [-0.2, 0) is 22.6 Å². The van der Waals surface area contributed by atoms with E-state index in [1.165, 1.54) is 18.2 Å². The quantitative estimate of drug-likeness (QED) is 0.585. The molecule has 3 aromatic rings. The monoisotopic (exact) mass is 379 g/mol. The number of carbonyl (C=O) groups is 1. The summed E-state index contributed by atoms with van der Waals surface area (Å²) in [5, 5.41) is 0. The standard InChI is InChI=1S/C23H19F2NO2/c24-18-12-7-13-19(25)20(18)21-22(28-21)23(27)26(14-16-8-3-1-4-9-16)15-17-10-5-2-6-11-17/h1-13,21-22H,14-15H2/t21-,22-/m1/s1. The van der Waals surface area contributed by atoms with E-state index in [9.17, 15) is 13.6 Å². The minimum Gasteiger partial charge on any atom is -0.354 e. The number of carbonyl (C=O) groups excluding carboxylic acids is 1. The van der Waals surface area contributed by atoms with Crippen LogP contribution in [0.4, 0.5) is 8.78 Å². The van der Waals surface area contributed by atoms with Crippen LogP contribution in [0, 0.1) is 11.6 Å². The average molecular weight is 379 g/mol. The number of benzene rings is 3. The van der Waals surface area contributed by atoms with Crippen molar-refractivity contribution >= 4 is 5.91 Å². The minimum atomic E-state index is -0.886. The molecule has 28 heavy (non-hydrogen) atoms. The smallest absolute Gasteiger partial charge is 0.255 e. The maximum absolute atomic E-state index is 14.0. The Morgan fingerprint density at radius 3 is 1.79 bits per heavy atom. The average Bonchev–Trinajstić information content (AvgIpc) is 3.49. The zero-order chi connectivity index (χ0) is 19.5. The molecule has 1 amide bonds. The third-order valence-corrected chi connectivity index (χ3v) is 4.76. The molecule has 4 rings (SSSR count). The van der Waals surface area contributed by atoms with Crippen LogP contribution in [0.25, 0.3) is 0 Å². The lowest BCUT2D eigenvalue weighted by atomic mass is 10.1. The fourth-order valence-electron chi connectivity index (χ4n) is 3.30. The predicted molar refractivity (Wildman–Crippen MR) is 101 cm³/mol. The van der Waals surface area contributed by atoms with E-state index in [1.807, 2.05) is 60.7 Å². The zero-order valence-corrected chi connectivity index (χ0v) is 15.1. The third kappa shape index (κ3) is 3.94. The van der Waals surface area contributed by atoms with Gasteiger partial charge in [0.15, 0.2) is 6.10 Å². The summed E-state index contributed by atoms with van der Waals surface area (Å²) >= 11 is 0. The van der Waals surface area contributed by atoms with E-state index in [0.717, 1.165) is 11.1 Å². The van der Waals surface area contributed by atoms with Crippen molar-refractivity contribution in [1.29, 1.82) is 0 Å². The van der Waals surface area contributed by atoms with Gasteiger partial charge >= 0.3 is 0 Å². The first-order valence-corrected chi connectivity index (χ1v) is 9.09. The highest BCUT2D eigenvalue weighted by Gasteiger charge is 2.50. The van der Waals surface area contributed by atoms with Crippen molar-refractivity contribution in [3.8, 4) is 0 Å². The summed E-state index contributed by atoms with van der Waals surface area (Å²) in [5.74, 6) is -1.67. The zero-order valence-electron chi connectivity index (χ0n) is 15.1. The molecule has 142 valence electrons. The number of halogens is 2. The van der Waals surface area contributed by atoms with E-state index in [2.05, 4.69) is 0 Å². The lowest BCUT2D eigenvalue weighted by Crippen LogP contribution is -2.33. The normalized spacial score (nSPS) is 17.9. The van der Waals surface area contributed by atoms with Gasteiger partial charge in [0.25, 0.3) is 5.91 Å². The number of epoxide rings is 1. The summed E-state index contributed by atoms with van der Waals surface area (Å²) < 4.78 is 33.5. The molecule has 0 spiro atoms. The molecule has 0 radical (unpaired) electrons. The van der Waals surface area contributed by atoms with Crippen LogP contribution in [0.5, 0.6) is 0 Å². The van der Waals surface area contributed by atoms with Crippen molar-refractivity contribution in [1.82, 2.24) is 4.90 Å². The van der Waals surface area contributed by atoms with E-state index < -0.39 is 23.8 Å². The van der Waals surface area contributed by atoms with Crippen LogP contribution in [-0.4, -0.2) is 16.9 Å². The van der Waals surface area contributed by atoms with Gasteiger partial charge in [-0.05, 0) is 23.3 Å². The highest BCUT2D eigenvalue weighted by Crippen LogP contribution is 2.42. The van der Waals surface area contributed by atoms with Crippen LogP contribution in [0.2, 0.25) is 0 Å². The largest absolute Gasteiger partial charge is 0.354 e. The molecule has 1 saturated heterocycles. The summed E-state index contributed by atoms with van der Waals surface area (Å²) in [6.07, 6.45) is -1.76. The van der Waals surface area contributed by atoms with E-state index in [-0.39, 0.29) is 11.5 Å². The molecule has 0 aliphatic carbocycles. The number of hydrogen-bond acceptors (Lipinski definition) is 2. The summed E-state index contributed by atoms with van der Waals surface area (Å²) in [6.45, 7) is 0.780. The number of nitrogens with zero attached hydrogens (tertiary/aromatic N) is 1. The molecule has 0 saturated carbocycles. The van der Waals surface area contributed by atoms with E-state index >= 15 is 0 Å². The SMILES string of the molecule is O=C([C@@H]1O[C@@H]1c1c(F)cccc1F)N(Cc1ccccc1)Cc1ccccc1. The molecule has 1 heterocycles. The molecule has 3 nitrogen and oxygen atoms in total. The topological polar surface area (TPSA) is 32.8 Å². The summed E-state index contributed by atoms with van der Waals surface area (Å²) in [7, 11) is 0. The van der Waals surface area contributed by atoms with Crippen LogP contribution in [0.3, 0.4) is 0 Å². The first-order chi connectivity index (χ1) is 13.6. The van der Waals surface area contributed by atoms with Crippen molar-refractivity contribution < 1.29 is 18.3 Å². The Morgan fingerprint density at radius 1 is 0.786 bits per heavy atom. The van der Waals surface area contributed by atoms with E-state index in [0.29, 0.717) is 13.1 Å². The second kappa shape index (κ2) is 7.90. The van der Waals surface area contributed by atoms with Gasteiger partial charge in [-0.25, -0.2) is 8.78 Å². The highest BCUT2D eigenvalue weighted by atomic mass is 19.1. The molecular weight excluding hydrogens is 360 g/mol. The third-order valence-electron chi connectivity index (χ3n) is 4.76. The fraction of sp³-hybridized carbons (Fsp3) is 0.174. The molecule has 0 aromatic heterocycles. The molecule has 0 bridgehead atoms. The Kier molecular flexibility index (Phi) is 5.17. The van der Waals surface area contributed by atoms with Gasteiger partial charge in [0.1, 0.15) is 17.7 Å². The number of ether oxygens (including phenoxy) is 1. The number of amides is 1. The van der Waals surface area contributed by atoms with Gasteiger partial charge < -0.3 is 9.64 Å². The second-order valence-corrected chi connectivity index (χ2v) is 6.78. The van der Waals surface area contributed by atoms with Gasteiger partial charge in [0.2, 0.25) is 0 Å². The fourth-order valence-corrected chi connectivity index (χ4v) is 3.30. The maximum Gasteiger partial charge on any atom is 0.255 e. The molecule has 1 aliphatic rings. The molecule has 1 fully saturated rings. The first-order valence-electron chi connectivity index (χ1n) is 9.09. The Labute approximate surface area is 162 Å². The van der Waals surface area contributed by atoms with Crippen LogP contribution in [0.15, 0.2) is 78.9 Å². The molecule has 0 unspecified atom stereocenters. The second-order valence-electron chi connectivity index (χ2n) is 6.78. The molecule has 1 aliphatic heterocycles. The van der Waals surface area contributed by atoms with Gasteiger partial charge in [-0.2, -0.15) is 0 Å². The van der Waals surface area contributed by atoms with Crippen LogP contribution < -0.4 is 0 Å². The Hall–Kier alpha value is -3.05. The minimum absolute atomic E-state index is 0.180. The Bertz CT molecular complexity index is 901. The maximum atomic E-state index is 14.0. The summed E-state index contributed by atoms with van der Waals surface area (Å²) in [6, 6.07) is 22.8. The Balaban J connectivity index is 1.55. The molecule has 2 atom stereocenters. The van der Waals surface area contributed by atoms with Crippen molar-refractivity contribution in [2.75, 3.05) is 0 Å². The van der Waals surface area contributed by atoms with Gasteiger partial charge in [0, 0.05) is 13.1 Å². The van der Waals surface area contributed by atoms with Crippen molar-refractivity contribution in [2.24, 2.45) is 0 Å². The van der Waals surface area contributed by atoms with Crippen molar-refractivity contribution in [3.63, 3.8) is 0 Å². The molecule has 3 aromatic carbocycles. The summed E-state index contributed by atoms with van der Waals surface area (Å²) in [4.78, 5) is 14.7. The molecular formula is C23H19F2NO2. The van der Waals surface area contributed by atoms with Crippen molar-refractivity contribution in [3.05, 3.63) is 107 Å². The van der Waals surface area contributed by atoms with Gasteiger partial charge in [-0.1, -0.05) is 66.7 Å². The predicted octanol–water partition coefficient (Wildman–Crippen LogP) is 4.63. The van der Waals surface area contributed by atoms with Gasteiger partial charge in [-0.3, -0.25) is 4.79 Å². The number of rotatable bonds is 6. The van der Waals surface area contributed by atoms with Crippen LogP contribution >= 0.6 is 0 Å². The lowest BCUT2D eigenvalue weighted by Gasteiger charge is -2.22. The van der Waals surface area contributed by atoms with Gasteiger partial charge in [-0.15, -0.1) is 0 Å². The van der Waals surface area contributed by atoms with E-state index in [4.69, 9.17) is 4.74 Å². The summed E-state index contributed by atoms with van der Waals surface area (Å²) in [5.41, 5.74) is 1.77. The van der Waals surface area contributed by atoms with E-state index in [1.54, 1.807) is 4.90 Å². The lowest BCUT2D eigenvalue weighted by molar-refractivity contribution is -0.133. The highest BCUT2D eigenvalue weighted by molar-refractivity contribution is 5.84. The molecule has 0 N–H and O–H groups in total. The molecule has 5 heteroatoms. The first kappa shape index (κ1) is 18.3. The van der Waals surface area contributed by atoms with Crippen molar-refractivity contribution in [2.45, 2.75) is 25.3 Å².